The molecule has 7 atom stereocenters. The van der Waals surface area contributed by atoms with Crippen molar-refractivity contribution in [3.05, 3.63) is 11.6 Å². The van der Waals surface area contributed by atoms with Crippen molar-refractivity contribution in [2.24, 2.45) is 34.5 Å². The highest BCUT2D eigenvalue weighted by Gasteiger charge is 2.60. The monoisotopic (exact) mass is 416 g/mol. The topological polar surface area (TPSA) is 69.7 Å². The van der Waals surface area contributed by atoms with Crippen molar-refractivity contribution >= 4 is 17.7 Å². The minimum Gasteiger partial charge on any atom is -0.465 e. The molecule has 0 aromatic rings. The van der Waals surface area contributed by atoms with Crippen molar-refractivity contribution in [3.8, 4) is 0 Å². The van der Waals surface area contributed by atoms with Crippen LogP contribution in [-0.2, 0) is 23.9 Å². The van der Waals surface area contributed by atoms with Crippen LogP contribution in [0.5, 0.6) is 0 Å². The van der Waals surface area contributed by atoms with Gasteiger partial charge in [-0.1, -0.05) is 18.6 Å². The highest BCUT2D eigenvalue weighted by atomic mass is 16.5. The molecule has 3 fully saturated rings. The SMILES string of the molecule is CC(=O)OCC12CC=C3C(CCC4CC(=O)CCC34C)C1CCC2C(C)OC(C)=O. The Kier molecular flexibility index (Phi) is 5.61. The molecule has 5 nitrogen and oxygen atoms in total. The minimum absolute atomic E-state index is 0.129. The van der Waals surface area contributed by atoms with E-state index < -0.39 is 0 Å². The predicted molar refractivity (Wildman–Crippen MR) is 112 cm³/mol. The van der Waals surface area contributed by atoms with E-state index in [0.29, 0.717) is 36.6 Å². The zero-order valence-electron chi connectivity index (χ0n) is 18.9. The third-order valence-corrected chi connectivity index (χ3v) is 9.10. The molecule has 0 heterocycles. The van der Waals surface area contributed by atoms with Crippen LogP contribution < -0.4 is 0 Å². The summed E-state index contributed by atoms with van der Waals surface area (Å²) in [4.78, 5) is 35.5. The number of ketones is 1. The summed E-state index contributed by atoms with van der Waals surface area (Å²) in [6.45, 7) is 7.72. The Morgan fingerprint density at radius 2 is 1.93 bits per heavy atom. The number of esters is 2. The van der Waals surface area contributed by atoms with Crippen molar-refractivity contribution in [1.29, 1.82) is 0 Å². The van der Waals surface area contributed by atoms with Gasteiger partial charge >= 0.3 is 11.9 Å². The molecule has 0 aromatic carbocycles. The number of hydrogen-bond acceptors (Lipinski definition) is 5. The molecule has 0 aliphatic heterocycles. The van der Waals surface area contributed by atoms with Crippen LogP contribution in [0.15, 0.2) is 11.6 Å². The molecule has 30 heavy (non-hydrogen) atoms. The maximum atomic E-state index is 12.1. The average molecular weight is 417 g/mol. The maximum absolute atomic E-state index is 12.1. The van der Waals surface area contributed by atoms with E-state index in [4.69, 9.17) is 9.47 Å². The molecule has 4 aliphatic carbocycles. The van der Waals surface area contributed by atoms with E-state index >= 15 is 0 Å². The van der Waals surface area contributed by atoms with Gasteiger partial charge in [0.1, 0.15) is 11.9 Å². The van der Waals surface area contributed by atoms with Gasteiger partial charge in [0.15, 0.2) is 0 Å². The maximum Gasteiger partial charge on any atom is 0.302 e. The Hall–Kier alpha value is -1.65. The van der Waals surface area contributed by atoms with Gasteiger partial charge in [-0.05, 0) is 68.6 Å². The molecule has 0 N–H and O–H groups in total. The van der Waals surface area contributed by atoms with Crippen molar-refractivity contribution in [2.75, 3.05) is 6.61 Å². The lowest BCUT2D eigenvalue weighted by molar-refractivity contribution is -0.159. The van der Waals surface area contributed by atoms with Crippen LogP contribution in [0.2, 0.25) is 0 Å². The summed E-state index contributed by atoms with van der Waals surface area (Å²) in [5.74, 6) is 1.52. The first-order valence-electron chi connectivity index (χ1n) is 11.7. The first-order chi connectivity index (χ1) is 14.2. The molecular weight excluding hydrogens is 380 g/mol. The van der Waals surface area contributed by atoms with Crippen LogP contribution in [0.3, 0.4) is 0 Å². The lowest BCUT2D eigenvalue weighted by Gasteiger charge is -2.56. The van der Waals surface area contributed by atoms with Crippen LogP contribution >= 0.6 is 0 Å². The number of hydrogen-bond donors (Lipinski definition) is 0. The normalized spacial score (nSPS) is 41.1. The Balaban J connectivity index is 1.68. The standard InChI is InChI=1S/C25H36O5/c1-15(30-17(3)27)21-7-8-23-20-6-5-18-13-19(28)9-11-24(18,4)22(20)10-12-25(21,23)14-29-16(2)26/h10,15,18,20-21,23H,5-9,11-14H2,1-4H3. The minimum atomic E-state index is -0.250. The second-order valence-corrected chi connectivity index (χ2v) is 10.5. The highest BCUT2D eigenvalue weighted by molar-refractivity contribution is 5.80. The van der Waals surface area contributed by atoms with Gasteiger partial charge in [0, 0.05) is 38.0 Å². The fourth-order valence-electron chi connectivity index (χ4n) is 7.74. The number of carbonyl (C=O) groups excluding carboxylic acids is 3. The van der Waals surface area contributed by atoms with Gasteiger partial charge in [0.2, 0.25) is 0 Å². The van der Waals surface area contributed by atoms with Crippen LogP contribution in [0.25, 0.3) is 0 Å². The van der Waals surface area contributed by atoms with Gasteiger partial charge in [-0.2, -0.15) is 0 Å². The fourth-order valence-corrected chi connectivity index (χ4v) is 7.74. The molecule has 0 amide bonds. The molecule has 0 spiro atoms. The summed E-state index contributed by atoms with van der Waals surface area (Å²) in [7, 11) is 0. The van der Waals surface area contributed by atoms with E-state index in [-0.39, 0.29) is 34.8 Å². The number of rotatable bonds is 4. The lowest BCUT2D eigenvalue weighted by atomic mass is 9.48. The summed E-state index contributed by atoms with van der Waals surface area (Å²) in [6, 6.07) is 0. The summed E-state index contributed by atoms with van der Waals surface area (Å²) >= 11 is 0. The first-order valence-corrected chi connectivity index (χ1v) is 11.7. The first kappa shape index (κ1) is 21.6. The molecule has 0 bridgehead atoms. The summed E-state index contributed by atoms with van der Waals surface area (Å²) in [5.41, 5.74) is 1.53. The third-order valence-electron chi connectivity index (χ3n) is 9.10. The van der Waals surface area contributed by atoms with Crippen LogP contribution in [0.1, 0.15) is 79.1 Å². The summed E-state index contributed by atoms with van der Waals surface area (Å²) in [6.07, 6.45) is 9.81. The number of fused-ring (bicyclic) bond motifs is 5. The van der Waals surface area contributed by atoms with Crippen LogP contribution in [0.4, 0.5) is 0 Å². The number of carbonyl (C=O) groups is 3. The Labute approximate surface area is 179 Å². The van der Waals surface area contributed by atoms with E-state index in [9.17, 15) is 14.4 Å². The zero-order valence-corrected chi connectivity index (χ0v) is 18.9. The third kappa shape index (κ3) is 3.42. The van der Waals surface area contributed by atoms with Crippen molar-refractivity contribution in [3.63, 3.8) is 0 Å². The molecule has 0 radical (unpaired) electrons. The van der Waals surface area contributed by atoms with Crippen LogP contribution in [0, 0.1) is 34.5 Å². The fraction of sp³-hybridized carbons (Fsp3) is 0.800. The quantitative estimate of drug-likeness (QED) is 0.494. The van der Waals surface area contributed by atoms with Crippen LogP contribution in [-0.4, -0.2) is 30.4 Å². The molecule has 0 aromatic heterocycles. The van der Waals surface area contributed by atoms with Gasteiger partial charge in [0.05, 0.1) is 6.61 Å². The van der Waals surface area contributed by atoms with E-state index in [1.165, 1.54) is 13.8 Å². The highest BCUT2D eigenvalue weighted by Crippen LogP contribution is 2.66. The second kappa shape index (κ2) is 7.80. The molecule has 0 saturated heterocycles. The number of Topliss-reactive ketones (excluding diaryl/α,β-unsaturated/α-hetero) is 1. The molecule has 4 aliphatic rings. The van der Waals surface area contributed by atoms with Gasteiger partial charge in [-0.3, -0.25) is 14.4 Å². The Bertz CT molecular complexity index is 770. The number of ether oxygens (including phenoxy) is 2. The summed E-state index contributed by atoms with van der Waals surface area (Å²) in [5, 5.41) is 0. The molecule has 7 unspecified atom stereocenters. The van der Waals surface area contributed by atoms with Gasteiger partial charge in [-0.15, -0.1) is 0 Å². The smallest absolute Gasteiger partial charge is 0.302 e. The number of allylic oxidation sites excluding steroid dienone is 2. The molecule has 5 heteroatoms. The van der Waals surface area contributed by atoms with Crippen molar-refractivity contribution in [1.82, 2.24) is 0 Å². The average Bonchev–Trinajstić information content (AvgIpc) is 3.06. The van der Waals surface area contributed by atoms with Crippen molar-refractivity contribution < 1.29 is 23.9 Å². The molecule has 3 saturated carbocycles. The summed E-state index contributed by atoms with van der Waals surface area (Å²) < 4.78 is 11.3. The van der Waals surface area contributed by atoms with E-state index in [1.54, 1.807) is 5.57 Å². The second-order valence-electron chi connectivity index (χ2n) is 10.5. The van der Waals surface area contributed by atoms with E-state index in [0.717, 1.165) is 44.9 Å². The molecular formula is C25H36O5. The van der Waals surface area contributed by atoms with Gasteiger partial charge < -0.3 is 9.47 Å². The molecule has 166 valence electrons. The van der Waals surface area contributed by atoms with E-state index in [2.05, 4.69) is 13.0 Å². The van der Waals surface area contributed by atoms with E-state index in [1.807, 2.05) is 6.92 Å². The Morgan fingerprint density at radius 1 is 1.17 bits per heavy atom. The lowest BCUT2D eigenvalue weighted by Crippen LogP contribution is -2.51. The largest absolute Gasteiger partial charge is 0.465 e. The Morgan fingerprint density at radius 3 is 2.63 bits per heavy atom. The van der Waals surface area contributed by atoms with Gasteiger partial charge in [0.25, 0.3) is 0 Å². The van der Waals surface area contributed by atoms with Gasteiger partial charge in [-0.25, -0.2) is 0 Å². The van der Waals surface area contributed by atoms with Crippen molar-refractivity contribution in [2.45, 2.75) is 85.2 Å². The molecule has 4 rings (SSSR count). The zero-order chi connectivity index (χ0) is 21.7. The predicted octanol–water partition coefficient (Wildman–Crippen LogP) is 4.63.